The van der Waals surface area contributed by atoms with E-state index in [0.29, 0.717) is 15.9 Å². The summed E-state index contributed by atoms with van der Waals surface area (Å²) in [5, 5.41) is 14.8. The second kappa shape index (κ2) is 5.15. The third kappa shape index (κ3) is 2.38. The van der Waals surface area contributed by atoms with Crippen molar-refractivity contribution in [3.8, 4) is 11.4 Å². The number of thioether (sulfide) groups is 1. The number of hydrogen-bond acceptors (Lipinski definition) is 4. The van der Waals surface area contributed by atoms with Gasteiger partial charge in [-0.3, -0.25) is 0 Å². The number of hydrogen-bond donors (Lipinski definition) is 0. The van der Waals surface area contributed by atoms with Gasteiger partial charge in [0.2, 0.25) is 5.16 Å². The van der Waals surface area contributed by atoms with E-state index >= 15 is 0 Å². The molecule has 0 aliphatic carbocycles. The average molecular weight is 313 g/mol. The summed E-state index contributed by atoms with van der Waals surface area (Å²) in [4.78, 5) is 0. The van der Waals surface area contributed by atoms with Crippen molar-refractivity contribution in [2.45, 2.75) is 18.5 Å². The zero-order valence-corrected chi connectivity index (χ0v) is 12.4. The molecule has 0 spiro atoms. The van der Waals surface area contributed by atoms with Gasteiger partial charge in [0.05, 0.1) is 5.02 Å². The maximum Gasteiger partial charge on any atom is 0.212 e. The molecular weight excluding hydrogens is 303 g/mol. The van der Waals surface area contributed by atoms with E-state index in [-0.39, 0.29) is 0 Å². The van der Waals surface area contributed by atoms with Crippen LogP contribution in [0.25, 0.3) is 11.4 Å². The highest BCUT2D eigenvalue weighted by Gasteiger charge is 2.20. The lowest BCUT2D eigenvalue weighted by Gasteiger charge is -2.12. The van der Waals surface area contributed by atoms with Gasteiger partial charge in [-0.15, -0.1) is 10.2 Å². The van der Waals surface area contributed by atoms with Gasteiger partial charge in [0, 0.05) is 22.1 Å². The number of fused-ring (bicyclic) bond motifs is 1. The first-order valence-corrected chi connectivity index (χ1v) is 7.53. The molecule has 3 rings (SSSR count). The van der Waals surface area contributed by atoms with E-state index in [9.17, 15) is 0 Å². The van der Waals surface area contributed by atoms with Crippen LogP contribution in [0, 0.1) is 0 Å². The molecule has 0 bridgehead atoms. The van der Waals surface area contributed by atoms with Gasteiger partial charge >= 0.3 is 0 Å². The number of halogens is 2. The van der Waals surface area contributed by atoms with Crippen LogP contribution in [0.1, 0.15) is 13.3 Å². The lowest BCUT2D eigenvalue weighted by Crippen LogP contribution is -2.11. The fourth-order valence-corrected chi connectivity index (χ4v) is 3.17. The van der Waals surface area contributed by atoms with E-state index in [2.05, 4.69) is 22.2 Å². The molecule has 1 aliphatic heterocycles. The van der Waals surface area contributed by atoms with Gasteiger partial charge in [-0.25, -0.2) is 0 Å². The molecule has 19 heavy (non-hydrogen) atoms. The zero-order chi connectivity index (χ0) is 13.4. The van der Waals surface area contributed by atoms with Crippen molar-refractivity contribution in [2.75, 3.05) is 5.75 Å². The third-order valence-electron chi connectivity index (χ3n) is 2.80. The molecule has 7 heteroatoms. The van der Waals surface area contributed by atoms with Crippen molar-refractivity contribution >= 4 is 40.7 Å². The molecule has 0 saturated carbocycles. The first-order chi connectivity index (χ1) is 9.19. The molecule has 0 unspecified atom stereocenters. The molecule has 2 aromatic rings. The summed E-state index contributed by atoms with van der Waals surface area (Å²) in [6.07, 6.45) is 0.915. The molecule has 4 nitrogen and oxygen atoms in total. The van der Waals surface area contributed by atoms with Crippen molar-refractivity contribution in [2.24, 2.45) is 5.10 Å². The Labute approximate surface area is 124 Å². The minimum Gasteiger partial charge on any atom is -0.187 e. The maximum absolute atomic E-state index is 6.21. The summed E-state index contributed by atoms with van der Waals surface area (Å²) < 4.78 is 1.75. The van der Waals surface area contributed by atoms with Gasteiger partial charge in [0.25, 0.3) is 0 Å². The monoisotopic (exact) mass is 312 g/mol. The van der Waals surface area contributed by atoms with Crippen LogP contribution in [0.5, 0.6) is 0 Å². The lowest BCUT2D eigenvalue weighted by molar-refractivity contribution is 0.757. The summed E-state index contributed by atoms with van der Waals surface area (Å²) in [7, 11) is 0. The molecule has 0 N–H and O–H groups in total. The van der Waals surface area contributed by atoms with E-state index in [1.54, 1.807) is 28.6 Å². The van der Waals surface area contributed by atoms with Crippen molar-refractivity contribution in [1.29, 1.82) is 0 Å². The molecule has 98 valence electrons. The SMILES string of the molecule is CCC1=Nn2c(nnc2-c2ccc(Cl)cc2Cl)SC1. The fourth-order valence-electron chi connectivity index (χ4n) is 1.78. The van der Waals surface area contributed by atoms with E-state index in [1.165, 1.54) is 0 Å². The molecule has 0 saturated heterocycles. The van der Waals surface area contributed by atoms with Gasteiger partial charge < -0.3 is 0 Å². The van der Waals surface area contributed by atoms with Crippen LogP contribution in [0.4, 0.5) is 0 Å². The highest BCUT2D eigenvalue weighted by Crippen LogP contribution is 2.32. The largest absolute Gasteiger partial charge is 0.212 e. The summed E-state index contributed by atoms with van der Waals surface area (Å²) in [5.41, 5.74) is 1.90. The molecule has 0 atom stereocenters. The van der Waals surface area contributed by atoms with E-state index < -0.39 is 0 Å². The molecule has 1 aromatic heterocycles. The second-order valence-electron chi connectivity index (χ2n) is 4.05. The molecular formula is C12H10Cl2N4S. The number of benzene rings is 1. The summed E-state index contributed by atoms with van der Waals surface area (Å²) in [5.74, 6) is 1.51. The van der Waals surface area contributed by atoms with E-state index in [1.807, 2.05) is 6.07 Å². The predicted octanol–water partition coefficient (Wildman–Crippen LogP) is 3.97. The predicted molar refractivity (Wildman–Crippen MR) is 79.3 cm³/mol. The molecule has 0 amide bonds. The zero-order valence-electron chi connectivity index (χ0n) is 10.1. The van der Waals surface area contributed by atoms with Crippen LogP contribution in [0.3, 0.4) is 0 Å². The summed E-state index contributed by atoms with van der Waals surface area (Å²) in [6.45, 7) is 2.09. The Kier molecular flexibility index (Phi) is 3.52. The Morgan fingerprint density at radius 3 is 2.89 bits per heavy atom. The maximum atomic E-state index is 6.21. The highest BCUT2D eigenvalue weighted by atomic mass is 35.5. The number of nitrogens with zero attached hydrogens (tertiary/aromatic N) is 4. The van der Waals surface area contributed by atoms with Crippen LogP contribution in [-0.4, -0.2) is 26.3 Å². The lowest BCUT2D eigenvalue weighted by atomic mass is 10.2. The Morgan fingerprint density at radius 2 is 2.16 bits per heavy atom. The number of aromatic nitrogens is 3. The minimum atomic E-state index is 0.548. The molecule has 1 aliphatic rings. The van der Waals surface area contributed by atoms with Crippen LogP contribution in [0.15, 0.2) is 28.5 Å². The smallest absolute Gasteiger partial charge is 0.187 e. The molecule has 2 heterocycles. The Morgan fingerprint density at radius 1 is 1.32 bits per heavy atom. The average Bonchev–Trinajstić information content (AvgIpc) is 2.81. The topological polar surface area (TPSA) is 43.1 Å². The fraction of sp³-hybridized carbons (Fsp3) is 0.250. The van der Waals surface area contributed by atoms with Crippen LogP contribution in [0.2, 0.25) is 10.0 Å². The minimum absolute atomic E-state index is 0.548. The standard InChI is InChI=1S/C12H10Cl2N4S/c1-2-8-6-19-12-16-15-11(18(12)17-8)9-4-3-7(13)5-10(9)14/h3-5H,2,6H2,1H3. The van der Waals surface area contributed by atoms with Gasteiger partial charge in [-0.1, -0.05) is 41.9 Å². The quantitative estimate of drug-likeness (QED) is 0.842. The number of rotatable bonds is 2. The van der Waals surface area contributed by atoms with Gasteiger partial charge in [0.15, 0.2) is 5.82 Å². The first kappa shape index (κ1) is 13.0. The van der Waals surface area contributed by atoms with Crippen molar-refractivity contribution < 1.29 is 0 Å². The van der Waals surface area contributed by atoms with Crippen molar-refractivity contribution in [3.63, 3.8) is 0 Å². The van der Waals surface area contributed by atoms with Crippen molar-refractivity contribution in [1.82, 2.24) is 14.9 Å². The summed E-state index contributed by atoms with van der Waals surface area (Å²) in [6, 6.07) is 5.31. The normalized spacial score (nSPS) is 14.2. The summed E-state index contributed by atoms with van der Waals surface area (Å²) >= 11 is 13.8. The second-order valence-corrected chi connectivity index (χ2v) is 5.84. The van der Waals surface area contributed by atoms with Crippen LogP contribution < -0.4 is 0 Å². The van der Waals surface area contributed by atoms with Crippen LogP contribution >= 0.6 is 35.0 Å². The van der Waals surface area contributed by atoms with E-state index in [0.717, 1.165) is 28.6 Å². The third-order valence-corrected chi connectivity index (χ3v) is 4.34. The molecule has 1 aromatic carbocycles. The van der Waals surface area contributed by atoms with Crippen molar-refractivity contribution in [3.05, 3.63) is 28.2 Å². The molecule has 0 fully saturated rings. The Bertz CT molecular complexity index is 666. The Balaban J connectivity index is 2.13. The Hall–Kier alpha value is -1.04. The highest BCUT2D eigenvalue weighted by molar-refractivity contribution is 7.99. The first-order valence-electron chi connectivity index (χ1n) is 5.79. The van der Waals surface area contributed by atoms with E-state index in [4.69, 9.17) is 23.2 Å². The van der Waals surface area contributed by atoms with Gasteiger partial charge in [-0.05, 0) is 24.6 Å². The van der Waals surface area contributed by atoms with Crippen LogP contribution in [-0.2, 0) is 0 Å². The van der Waals surface area contributed by atoms with Gasteiger partial charge in [0.1, 0.15) is 0 Å². The molecule has 0 radical (unpaired) electrons. The van der Waals surface area contributed by atoms with Gasteiger partial charge in [-0.2, -0.15) is 9.78 Å².